The van der Waals surface area contributed by atoms with Crippen molar-refractivity contribution in [3.8, 4) is 0 Å². The van der Waals surface area contributed by atoms with Gasteiger partial charge in [-0.1, -0.05) is 5.16 Å². The molecule has 0 bridgehead atoms. The maximum absolute atomic E-state index is 12.8. The fourth-order valence-electron chi connectivity index (χ4n) is 6.38. The zero-order valence-electron chi connectivity index (χ0n) is 18.6. The monoisotopic (exact) mass is 477 g/mol. The first-order valence-electron chi connectivity index (χ1n) is 11.9. The molecule has 5 fully saturated rings. The quantitative estimate of drug-likeness (QED) is 0.728. The third kappa shape index (κ3) is 3.32. The minimum Gasteiger partial charge on any atom is -0.359 e. The van der Waals surface area contributed by atoms with Gasteiger partial charge in [0.25, 0.3) is 0 Å². The van der Waals surface area contributed by atoms with Gasteiger partial charge in [0.1, 0.15) is 5.82 Å². The number of aromatic amines is 1. The average molecular weight is 477 g/mol. The van der Waals surface area contributed by atoms with Crippen molar-refractivity contribution >= 4 is 6.03 Å². The van der Waals surface area contributed by atoms with Crippen LogP contribution in [0, 0.1) is 10.8 Å². The summed E-state index contributed by atoms with van der Waals surface area (Å²) in [5, 5.41) is 10.6. The fraction of sp³-hybridized carbons (Fsp3) is 0.727. The van der Waals surface area contributed by atoms with Gasteiger partial charge < -0.3 is 14.3 Å². The number of amides is 2. The minimum absolute atomic E-state index is 0.0677. The highest BCUT2D eigenvalue weighted by atomic mass is 19.4. The molecular weight excluding hydrogens is 451 g/mol. The molecule has 0 aromatic carbocycles. The third-order valence-corrected chi connectivity index (χ3v) is 8.20. The van der Waals surface area contributed by atoms with Crippen LogP contribution in [0.2, 0.25) is 0 Å². The number of halogens is 3. The van der Waals surface area contributed by atoms with Crippen LogP contribution in [-0.2, 0) is 12.7 Å². The Morgan fingerprint density at radius 3 is 2.35 bits per heavy atom. The fourth-order valence-corrected chi connectivity index (χ4v) is 6.38. The Morgan fingerprint density at radius 1 is 1.06 bits per heavy atom. The van der Waals surface area contributed by atoms with Crippen LogP contribution in [0.15, 0.2) is 10.6 Å². The van der Waals surface area contributed by atoms with Crippen molar-refractivity contribution in [3.63, 3.8) is 0 Å². The van der Waals surface area contributed by atoms with E-state index in [4.69, 9.17) is 4.52 Å². The number of hydrogen-bond donors (Lipinski definition) is 1. The summed E-state index contributed by atoms with van der Waals surface area (Å²) in [6, 6.07) is 1.07. The predicted octanol–water partition coefficient (Wildman–Crippen LogP) is 2.81. The largest absolute Gasteiger partial charge is 0.436 e. The highest BCUT2D eigenvalue weighted by Gasteiger charge is 2.58. The summed E-state index contributed by atoms with van der Waals surface area (Å²) in [5.41, 5.74) is -0.681. The van der Waals surface area contributed by atoms with E-state index in [1.165, 1.54) is 12.8 Å². The zero-order valence-corrected chi connectivity index (χ0v) is 18.6. The van der Waals surface area contributed by atoms with Gasteiger partial charge >= 0.3 is 12.2 Å². The van der Waals surface area contributed by atoms with Gasteiger partial charge in [-0.3, -0.25) is 10.00 Å². The van der Waals surface area contributed by atoms with Gasteiger partial charge in [0.05, 0.1) is 6.54 Å². The molecule has 34 heavy (non-hydrogen) atoms. The number of carbonyl (C=O) groups is 1. The van der Waals surface area contributed by atoms with Crippen molar-refractivity contribution in [2.24, 2.45) is 10.8 Å². The molecule has 2 aliphatic carbocycles. The van der Waals surface area contributed by atoms with E-state index < -0.39 is 11.9 Å². The number of hydrogen-bond acceptors (Lipinski definition) is 6. The summed E-state index contributed by atoms with van der Waals surface area (Å²) < 4.78 is 42.8. The van der Waals surface area contributed by atoms with Crippen LogP contribution >= 0.6 is 0 Å². The third-order valence-electron chi connectivity index (χ3n) is 8.20. The minimum atomic E-state index is -4.49. The van der Waals surface area contributed by atoms with E-state index in [0.29, 0.717) is 31.5 Å². The first kappa shape index (κ1) is 20.7. The molecule has 3 aliphatic heterocycles. The van der Waals surface area contributed by atoms with Crippen molar-refractivity contribution in [2.45, 2.75) is 50.2 Å². The van der Waals surface area contributed by atoms with Crippen LogP contribution in [0.1, 0.15) is 60.6 Å². The molecule has 1 N–H and O–H groups in total. The van der Waals surface area contributed by atoms with Crippen molar-refractivity contribution in [2.75, 3.05) is 39.3 Å². The molecule has 0 atom stereocenters. The lowest BCUT2D eigenvalue weighted by atomic mass is 9.57. The first-order valence-corrected chi connectivity index (χ1v) is 11.9. The van der Waals surface area contributed by atoms with Crippen LogP contribution in [0.3, 0.4) is 0 Å². The van der Waals surface area contributed by atoms with Gasteiger partial charge in [0.15, 0.2) is 17.3 Å². The van der Waals surface area contributed by atoms with E-state index in [0.717, 1.165) is 56.7 Å². The highest BCUT2D eigenvalue weighted by Crippen LogP contribution is 2.56. The molecule has 5 aliphatic rings. The maximum Gasteiger partial charge on any atom is 0.436 e. The lowest BCUT2D eigenvalue weighted by Crippen LogP contribution is -2.75. The zero-order chi connectivity index (χ0) is 23.3. The van der Waals surface area contributed by atoms with E-state index in [1.54, 1.807) is 0 Å². The topological polar surface area (TPSA) is 94.4 Å². The van der Waals surface area contributed by atoms with Gasteiger partial charge in [-0.15, -0.1) is 0 Å². The smallest absolute Gasteiger partial charge is 0.359 e. The van der Waals surface area contributed by atoms with E-state index in [2.05, 4.69) is 20.3 Å². The predicted molar refractivity (Wildman–Crippen MR) is 111 cm³/mol. The molecule has 0 unspecified atom stereocenters. The SMILES string of the molecule is O=C(N1CC2(CC(c3nc(C4CC4)n[nH]3)C2)C1)N1CC2(CN(Cc3cc(C(F)(F)F)no3)C2)C1. The molecule has 12 heteroatoms. The van der Waals surface area contributed by atoms with E-state index in [9.17, 15) is 18.0 Å². The normalized spacial score (nSPS) is 25.7. The number of aromatic nitrogens is 4. The number of likely N-dealkylation sites (tertiary alicyclic amines) is 3. The summed E-state index contributed by atoms with van der Waals surface area (Å²) in [5.74, 6) is 3.18. The second-order valence-electron chi connectivity index (χ2n) is 11.3. The van der Waals surface area contributed by atoms with Crippen LogP contribution in [-0.4, -0.2) is 80.3 Å². The van der Waals surface area contributed by atoms with Gasteiger partial charge in [-0.25, -0.2) is 9.78 Å². The molecule has 0 radical (unpaired) electrons. The summed E-state index contributed by atoms with van der Waals surface area (Å²) in [6.07, 6.45) is 0.0313. The molecule has 2 amide bonds. The molecular formula is C22H26F3N7O2. The summed E-state index contributed by atoms with van der Waals surface area (Å²) in [4.78, 5) is 23.4. The second-order valence-corrected chi connectivity index (χ2v) is 11.3. The molecule has 7 rings (SSSR count). The van der Waals surface area contributed by atoms with Crippen molar-refractivity contribution in [1.82, 2.24) is 35.0 Å². The number of urea groups is 1. The number of rotatable bonds is 4. The van der Waals surface area contributed by atoms with E-state index in [1.807, 2.05) is 14.7 Å². The van der Waals surface area contributed by atoms with Crippen LogP contribution in [0.25, 0.3) is 0 Å². The van der Waals surface area contributed by atoms with Gasteiger partial charge in [-0.2, -0.15) is 18.3 Å². The number of carbonyl (C=O) groups excluding carboxylic acids is 1. The van der Waals surface area contributed by atoms with Crippen LogP contribution in [0.5, 0.6) is 0 Å². The van der Waals surface area contributed by atoms with Gasteiger partial charge in [0.2, 0.25) is 0 Å². The Morgan fingerprint density at radius 2 is 1.74 bits per heavy atom. The summed E-state index contributed by atoms with van der Waals surface area (Å²) in [7, 11) is 0. The number of H-pyrrole nitrogens is 1. The lowest BCUT2D eigenvalue weighted by molar-refractivity contribution is -0.142. The molecule has 3 saturated heterocycles. The van der Waals surface area contributed by atoms with Gasteiger partial charge in [-0.05, 0) is 25.7 Å². The maximum atomic E-state index is 12.8. The van der Waals surface area contributed by atoms with Gasteiger partial charge in [0, 0.05) is 68.0 Å². The number of nitrogens with one attached hydrogen (secondary N) is 1. The molecule has 5 heterocycles. The summed E-state index contributed by atoms with van der Waals surface area (Å²) >= 11 is 0. The lowest BCUT2D eigenvalue weighted by Gasteiger charge is -2.63. The average Bonchev–Trinajstić information content (AvgIpc) is 3.19. The van der Waals surface area contributed by atoms with E-state index in [-0.39, 0.29) is 22.6 Å². The molecule has 2 aromatic heterocycles. The standard InChI is InChI=1S/C22H26F3N7O2/c23-22(24,25)16-3-15(34-29-16)6-30-7-21(8-30)11-32(12-21)19(33)31-9-20(10-31)4-14(5-20)18-26-17(27-28-18)13-1-2-13/h3,13-14H,1-2,4-12H2,(H,26,27,28). The Balaban J connectivity index is 0.844. The molecule has 2 saturated carbocycles. The Labute approximate surface area is 193 Å². The summed E-state index contributed by atoms with van der Waals surface area (Å²) in [6.45, 7) is 4.86. The second kappa shape index (κ2) is 6.73. The molecule has 2 aromatic rings. The van der Waals surface area contributed by atoms with E-state index >= 15 is 0 Å². The van der Waals surface area contributed by atoms with Crippen LogP contribution in [0.4, 0.5) is 18.0 Å². The Hall–Kier alpha value is -2.63. The first-order chi connectivity index (χ1) is 16.2. The van der Waals surface area contributed by atoms with Crippen molar-refractivity contribution < 1.29 is 22.5 Å². The Kier molecular flexibility index (Phi) is 4.10. The molecule has 182 valence electrons. The van der Waals surface area contributed by atoms with Crippen molar-refractivity contribution in [3.05, 3.63) is 29.2 Å². The van der Waals surface area contributed by atoms with Crippen molar-refractivity contribution in [1.29, 1.82) is 0 Å². The number of nitrogens with zero attached hydrogens (tertiary/aromatic N) is 6. The Bertz CT molecular complexity index is 1110. The highest BCUT2D eigenvalue weighted by molar-refractivity contribution is 5.77. The molecule has 2 spiro atoms. The molecule has 9 nitrogen and oxygen atoms in total. The number of alkyl halides is 3. The van der Waals surface area contributed by atoms with Crippen LogP contribution < -0.4 is 0 Å².